The topological polar surface area (TPSA) is 60.9 Å². The molecular weight excluding hydrogens is 260 g/mol. The quantitative estimate of drug-likeness (QED) is 0.681. The number of nitrogens with zero attached hydrogens (tertiary/aromatic N) is 6. The average molecular weight is 274 g/mol. The van der Waals surface area contributed by atoms with Crippen molar-refractivity contribution in [2.75, 3.05) is 0 Å². The van der Waals surface area contributed by atoms with Gasteiger partial charge in [0, 0.05) is 36.3 Å². The Morgan fingerprint density at radius 3 is 2.84 bits per heavy atom. The Kier molecular flexibility index (Phi) is 2.98. The fourth-order valence-electron chi connectivity index (χ4n) is 1.99. The van der Waals surface area contributed by atoms with Gasteiger partial charge in [-0.2, -0.15) is 5.10 Å². The van der Waals surface area contributed by atoms with E-state index in [2.05, 4.69) is 20.3 Å². The first-order valence-electron chi connectivity index (χ1n) is 5.93. The molecule has 0 atom stereocenters. The highest BCUT2D eigenvalue weighted by molar-refractivity contribution is 7.98. The van der Waals surface area contributed by atoms with Crippen LogP contribution in [-0.2, 0) is 12.8 Å². The van der Waals surface area contributed by atoms with Gasteiger partial charge in [0.2, 0.25) is 0 Å². The van der Waals surface area contributed by atoms with Crippen molar-refractivity contribution in [3.05, 3.63) is 35.5 Å². The number of fused-ring (bicyclic) bond motifs is 1. The molecule has 0 radical (unpaired) electrons. The third-order valence-electron chi connectivity index (χ3n) is 2.78. The van der Waals surface area contributed by atoms with Crippen molar-refractivity contribution < 1.29 is 0 Å². The van der Waals surface area contributed by atoms with E-state index in [0.717, 1.165) is 28.1 Å². The van der Waals surface area contributed by atoms with E-state index in [1.54, 1.807) is 16.4 Å². The normalized spacial score (nSPS) is 11.3. The molecule has 3 rings (SSSR count). The third-order valence-corrected chi connectivity index (χ3v) is 3.78. The second-order valence-corrected chi connectivity index (χ2v) is 5.37. The molecule has 0 aliphatic heterocycles. The van der Waals surface area contributed by atoms with Crippen molar-refractivity contribution in [2.45, 2.75) is 24.8 Å². The molecule has 7 heteroatoms. The van der Waals surface area contributed by atoms with Gasteiger partial charge in [0.15, 0.2) is 10.8 Å². The molecular formula is C12H14N6S. The maximum atomic E-state index is 4.45. The lowest BCUT2D eigenvalue weighted by atomic mass is 10.4. The Labute approximate surface area is 114 Å². The minimum absolute atomic E-state index is 0.821. The van der Waals surface area contributed by atoms with E-state index >= 15 is 0 Å². The molecule has 3 heterocycles. The van der Waals surface area contributed by atoms with Crippen LogP contribution in [0.3, 0.4) is 0 Å². The Morgan fingerprint density at radius 1 is 1.26 bits per heavy atom. The molecule has 0 unspecified atom stereocenters. The molecule has 0 aliphatic rings. The molecule has 3 aromatic rings. The van der Waals surface area contributed by atoms with Crippen molar-refractivity contribution in [2.24, 2.45) is 7.05 Å². The van der Waals surface area contributed by atoms with Crippen LogP contribution in [0.4, 0.5) is 0 Å². The minimum Gasteiger partial charge on any atom is -0.276 e. The van der Waals surface area contributed by atoms with Gasteiger partial charge in [-0.1, -0.05) is 11.8 Å². The first-order chi connectivity index (χ1) is 9.13. The van der Waals surface area contributed by atoms with Gasteiger partial charge in [0.05, 0.1) is 6.20 Å². The molecule has 98 valence electrons. The lowest BCUT2D eigenvalue weighted by Gasteiger charge is -2.03. The third kappa shape index (κ3) is 2.33. The van der Waals surface area contributed by atoms with Crippen LogP contribution in [0.1, 0.15) is 17.1 Å². The summed E-state index contributed by atoms with van der Waals surface area (Å²) in [5.41, 5.74) is 2.97. The second kappa shape index (κ2) is 4.65. The van der Waals surface area contributed by atoms with Crippen molar-refractivity contribution >= 4 is 17.4 Å². The monoisotopic (exact) mass is 274 g/mol. The molecule has 0 N–H and O–H groups in total. The smallest absolute Gasteiger partial charge is 0.197 e. The van der Waals surface area contributed by atoms with E-state index in [4.69, 9.17) is 0 Å². The van der Waals surface area contributed by atoms with Crippen molar-refractivity contribution in [1.29, 1.82) is 0 Å². The van der Waals surface area contributed by atoms with Crippen LogP contribution in [0.15, 0.2) is 23.6 Å². The number of hydrogen-bond acceptors (Lipinski definition) is 5. The minimum atomic E-state index is 0.821. The summed E-state index contributed by atoms with van der Waals surface area (Å²) in [7, 11) is 1.91. The van der Waals surface area contributed by atoms with Crippen LogP contribution < -0.4 is 0 Å². The number of aryl methyl sites for hydroxylation is 3. The summed E-state index contributed by atoms with van der Waals surface area (Å²) in [6.07, 6.45) is 3.87. The molecule has 0 aromatic carbocycles. The maximum absolute atomic E-state index is 4.45. The standard InChI is InChI=1S/C12H14N6S/c1-8-4-11-15-16-12(18(11)9(2)14-8)19-7-10-5-13-17(3)6-10/h4-6H,7H2,1-3H3. The van der Waals surface area contributed by atoms with Gasteiger partial charge in [-0.05, 0) is 13.8 Å². The molecule has 0 saturated heterocycles. The van der Waals surface area contributed by atoms with Gasteiger partial charge in [-0.25, -0.2) is 4.98 Å². The highest BCUT2D eigenvalue weighted by Crippen LogP contribution is 2.22. The van der Waals surface area contributed by atoms with Gasteiger partial charge < -0.3 is 0 Å². The summed E-state index contributed by atoms with van der Waals surface area (Å²) in [6.45, 7) is 3.93. The molecule has 0 spiro atoms. The van der Waals surface area contributed by atoms with E-state index in [1.165, 1.54) is 5.56 Å². The van der Waals surface area contributed by atoms with Crippen molar-refractivity contribution in [3.8, 4) is 0 Å². The van der Waals surface area contributed by atoms with Gasteiger partial charge in [0.25, 0.3) is 0 Å². The van der Waals surface area contributed by atoms with Gasteiger partial charge >= 0.3 is 0 Å². The van der Waals surface area contributed by atoms with E-state index in [1.807, 2.05) is 43.8 Å². The molecule has 0 bridgehead atoms. The zero-order valence-electron chi connectivity index (χ0n) is 11.0. The highest BCUT2D eigenvalue weighted by Gasteiger charge is 2.10. The summed E-state index contributed by atoms with van der Waals surface area (Å²) in [6, 6.07) is 1.94. The zero-order chi connectivity index (χ0) is 13.4. The first kappa shape index (κ1) is 12.2. The van der Waals surface area contributed by atoms with Gasteiger partial charge in [0.1, 0.15) is 5.82 Å². The highest BCUT2D eigenvalue weighted by atomic mass is 32.2. The van der Waals surface area contributed by atoms with E-state index in [-0.39, 0.29) is 0 Å². The largest absolute Gasteiger partial charge is 0.276 e. The number of hydrogen-bond donors (Lipinski definition) is 0. The number of thioether (sulfide) groups is 1. The van der Waals surface area contributed by atoms with E-state index in [9.17, 15) is 0 Å². The van der Waals surface area contributed by atoms with Crippen LogP contribution in [0.2, 0.25) is 0 Å². The summed E-state index contributed by atoms with van der Waals surface area (Å²) >= 11 is 1.64. The number of rotatable bonds is 3. The predicted octanol–water partition coefficient (Wildman–Crippen LogP) is 1.77. The van der Waals surface area contributed by atoms with Crippen LogP contribution >= 0.6 is 11.8 Å². The molecule has 6 nitrogen and oxygen atoms in total. The Morgan fingerprint density at radius 2 is 2.11 bits per heavy atom. The molecule has 0 saturated carbocycles. The molecule has 3 aromatic heterocycles. The van der Waals surface area contributed by atoms with Gasteiger partial charge in [-0.3, -0.25) is 9.08 Å². The zero-order valence-corrected chi connectivity index (χ0v) is 11.8. The lowest BCUT2D eigenvalue weighted by molar-refractivity contribution is 0.767. The molecule has 19 heavy (non-hydrogen) atoms. The Bertz CT molecular complexity index is 729. The summed E-state index contributed by atoms with van der Waals surface area (Å²) in [5.74, 6) is 1.73. The van der Waals surface area contributed by atoms with Crippen LogP contribution in [0, 0.1) is 13.8 Å². The SMILES string of the molecule is Cc1cc2nnc(SCc3cnn(C)c3)n2c(C)n1. The second-order valence-electron chi connectivity index (χ2n) is 4.43. The Hall–Kier alpha value is -1.89. The number of aromatic nitrogens is 6. The fourth-order valence-corrected chi connectivity index (χ4v) is 2.89. The van der Waals surface area contributed by atoms with Crippen molar-refractivity contribution in [3.63, 3.8) is 0 Å². The van der Waals surface area contributed by atoms with Gasteiger partial charge in [-0.15, -0.1) is 10.2 Å². The Balaban J connectivity index is 1.89. The van der Waals surface area contributed by atoms with Crippen molar-refractivity contribution in [1.82, 2.24) is 29.4 Å². The van der Waals surface area contributed by atoms with Crippen LogP contribution in [0.25, 0.3) is 5.65 Å². The molecule has 0 fully saturated rings. The molecule has 0 aliphatic carbocycles. The van der Waals surface area contributed by atoms with Crippen LogP contribution in [0.5, 0.6) is 0 Å². The summed E-state index contributed by atoms with van der Waals surface area (Å²) in [5, 5.41) is 13.4. The summed E-state index contributed by atoms with van der Waals surface area (Å²) < 4.78 is 3.78. The predicted molar refractivity (Wildman–Crippen MR) is 73.0 cm³/mol. The molecule has 0 amide bonds. The first-order valence-corrected chi connectivity index (χ1v) is 6.92. The van der Waals surface area contributed by atoms with E-state index in [0.29, 0.717) is 0 Å². The fraction of sp³-hybridized carbons (Fsp3) is 0.333. The average Bonchev–Trinajstić information content (AvgIpc) is 2.93. The van der Waals surface area contributed by atoms with Crippen LogP contribution in [-0.4, -0.2) is 29.4 Å². The maximum Gasteiger partial charge on any atom is 0.197 e. The lowest BCUT2D eigenvalue weighted by Crippen LogP contribution is -1.98. The van der Waals surface area contributed by atoms with E-state index < -0.39 is 0 Å². The summed E-state index contributed by atoms with van der Waals surface area (Å²) in [4.78, 5) is 4.45.